The van der Waals surface area contributed by atoms with Crippen LogP contribution in [0.25, 0.3) is 0 Å². The first kappa shape index (κ1) is 16.6. The maximum absolute atomic E-state index is 11.6. The molecular weight excluding hydrogens is 267 g/mol. The predicted molar refractivity (Wildman–Crippen MR) is 66.0 cm³/mol. The molecule has 0 aliphatic rings. The third-order valence-electron chi connectivity index (χ3n) is 1.53. The first-order valence-corrected chi connectivity index (χ1v) is 7.62. The van der Waals surface area contributed by atoms with Crippen LogP contribution in [0.4, 0.5) is 0 Å². The third kappa shape index (κ3) is 6.20. The minimum absolute atomic E-state index is 0.176. The largest absolute Gasteiger partial charge is 0.465 e. The summed E-state index contributed by atoms with van der Waals surface area (Å²) in [5, 5.41) is 0. The lowest BCUT2D eigenvalue weighted by molar-refractivity contribution is -0.153. The van der Waals surface area contributed by atoms with Crippen LogP contribution in [0.3, 0.4) is 0 Å². The Hall–Kier alpha value is -0.380. The summed E-state index contributed by atoms with van der Waals surface area (Å²) in [5.41, 5.74) is -1.19. The summed E-state index contributed by atoms with van der Waals surface area (Å²) in [5.74, 6) is -1.40. The Kier molecular flexibility index (Phi) is 8.48. The fourth-order valence-corrected chi connectivity index (χ4v) is 2.93. The van der Waals surface area contributed by atoms with Gasteiger partial charge in [-0.25, -0.2) is 0 Å². The average molecular weight is 285 g/mol. The van der Waals surface area contributed by atoms with Crippen molar-refractivity contribution in [3.8, 4) is 0 Å². The second-order valence-corrected chi connectivity index (χ2v) is 5.60. The molecule has 0 saturated heterocycles. The van der Waals surface area contributed by atoms with E-state index in [0.29, 0.717) is 0 Å². The van der Waals surface area contributed by atoms with Crippen LogP contribution in [0.5, 0.6) is 0 Å². The van der Waals surface area contributed by atoms with Crippen LogP contribution in [0, 0.1) is 0 Å². The van der Waals surface area contributed by atoms with Crippen molar-refractivity contribution >= 4 is 30.7 Å². The Bertz CT molecular complexity index is 241. The van der Waals surface area contributed by atoms with Crippen LogP contribution in [0.2, 0.25) is 0 Å². The van der Waals surface area contributed by atoms with Crippen LogP contribution in [0.1, 0.15) is 27.7 Å². The molecule has 0 bridgehead atoms. The van der Waals surface area contributed by atoms with E-state index in [4.69, 9.17) is 25.2 Å². The molecule has 1 atom stereocenters. The van der Waals surface area contributed by atoms with Crippen LogP contribution in [-0.2, 0) is 23.6 Å². The molecule has 0 heterocycles. The summed E-state index contributed by atoms with van der Waals surface area (Å²) < 4.78 is 14.8. The van der Waals surface area contributed by atoms with Crippen molar-refractivity contribution in [1.29, 1.82) is 0 Å². The molecule has 0 aromatic rings. The van der Waals surface area contributed by atoms with E-state index in [1.165, 1.54) is 0 Å². The third-order valence-corrected chi connectivity index (χ3v) is 3.81. The molecule has 0 rings (SSSR count). The fourth-order valence-electron chi connectivity index (χ4n) is 0.967. The topological polar surface area (TPSA) is 61.8 Å². The summed E-state index contributed by atoms with van der Waals surface area (Å²) in [7, 11) is -1.76. The number of rotatable bonds is 7. The molecule has 0 N–H and O–H groups in total. The number of ether oxygens (including phenoxy) is 2. The highest BCUT2D eigenvalue weighted by atomic mass is 35.7. The Labute approximate surface area is 107 Å². The van der Waals surface area contributed by atoms with Gasteiger partial charge < -0.3 is 14.0 Å². The average Bonchev–Trinajstić information content (AvgIpc) is 2.17. The molecule has 0 aliphatic carbocycles. The number of carbonyl (C=O) groups excluding carboxylic acids is 2. The molecule has 100 valence electrons. The molecule has 0 amide bonds. The van der Waals surface area contributed by atoms with Crippen molar-refractivity contribution in [2.24, 2.45) is 0 Å². The van der Waals surface area contributed by atoms with Crippen molar-refractivity contribution in [2.75, 3.05) is 13.2 Å². The van der Waals surface area contributed by atoms with Gasteiger partial charge in [0.25, 0.3) is 0 Å². The zero-order valence-corrected chi connectivity index (χ0v) is 12.1. The lowest BCUT2D eigenvalue weighted by Gasteiger charge is -2.20. The first-order chi connectivity index (χ1) is 7.93. The molecule has 1 unspecified atom stereocenters. The minimum atomic E-state index is -1.76. The predicted octanol–water partition coefficient (Wildman–Crippen LogP) is 2.46. The summed E-state index contributed by atoms with van der Waals surface area (Å²) in [4.78, 5) is 23.2. The molecular formula is C10H18ClO5P. The Morgan fingerprint density at radius 3 is 1.82 bits per heavy atom. The maximum atomic E-state index is 11.6. The van der Waals surface area contributed by atoms with Crippen LogP contribution >= 0.6 is 18.7 Å². The standard InChI is InChI=1S/C10H18ClO5P/c1-5-14-9(12)8(10(13)15-6-2)17(11)16-7(3)4/h7-8H,5-6H2,1-4H3. The Morgan fingerprint density at radius 1 is 1.12 bits per heavy atom. The van der Waals surface area contributed by atoms with Crippen molar-refractivity contribution in [1.82, 2.24) is 0 Å². The molecule has 0 spiro atoms. The van der Waals surface area contributed by atoms with E-state index >= 15 is 0 Å². The fraction of sp³-hybridized carbons (Fsp3) is 0.800. The van der Waals surface area contributed by atoms with Crippen LogP contribution in [0.15, 0.2) is 0 Å². The SMILES string of the molecule is CCOC(=O)C(C(=O)OCC)P(Cl)OC(C)C. The van der Waals surface area contributed by atoms with Gasteiger partial charge in [-0.15, -0.1) is 0 Å². The maximum Gasteiger partial charge on any atom is 0.328 e. The zero-order chi connectivity index (χ0) is 13.4. The van der Waals surface area contributed by atoms with Gasteiger partial charge in [-0.1, -0.05) is 11.2 Å². The minimum Gasteiger partial charge on any atom is -0.465 e. The quantitative estimate of drug-likeness (QED) is 0.408. The number of halogens is 1. The van der Waals surface area contributed by atoms with E-state index < -0.39 is 25.1 Å². The molecule has 0 saturated carbocycles. The van der Waals surface area contributed by atoms with Crippen LogP contribution < -0.4 is 0 Å². The molecule has 7 heteroatoms. The van der Waals surface area contributed by atoms with Gasteiger partial charge in [-0.2, -0.15) is 0 Å². The number of hydrogen-bond donors (Lipinski definition) is 0. The highest BCUT2D eigenvalue weighted by molar-refractivity contribution is 7.82. The van der Waals surface area contributed by atoms with E-state index in [2.05, 4.69) is 0 Å². The summed E-state index contributed by atoms with van der Waals surface area (Å²) in [6.45, 7) is 7.20. The molecule has 17 heavy (non-hydrogen) atoms. The van der Waals surface area contributed by atoms with Crippen molar-refractivity contribution in [2.45, 2.75) is 39.5 Å². The zero-order valence-electron chi connectivity index (χ0n) is 10.4. The van der Waals surface area contributed by atoms with Gasteiger partial charge in [-0.3, -0.25) is 9.59 Å². The smallest absolute Gasteiger partial charge is 0.328 e. The Balaban J connectivity index is 4.70. The van der Waals surface area contributed by atoms with Crippen molar-refractivity contribution in [3.05, 3.63) is 0 Å². The number of hydrogen-bond acceptors (Lipinski definition) is 5. The molecule has 0 fully saturated rings. The van der Waals surface area contributed by atoms with Crippen molar-refractivity contribution < 1.29 is 23.6 Å². The van der Waals surface area contributed by atoms with E-state index in [1.807, 2.05) is 0 Å². The lowest BCUT2D eigenvalue weighted by atomic mass is 10.4. The van der Waals surface area contributed by atoms with Gasteiger partial charge in [0.05, 0.1) is 19.3 Å². The number of carbonyl (C=O) groups is 2. The highest BCUT2D eigenvalue weighted by Gasteiger charge is 2.38. The number of esters is 2. The van der Waals surface area contributed by atoms with Gasteiger partial charge in [0.15, 0.2) is 7.50 Å². The van der Waals surface area contributed by atoms with Gasteiger partial charge >= 0.3 is 11.9 Å². The molecule has 0 aromatic heterocycles. The van der Waals surface area contributed by atoms with Gasteiger partial charge in [-0.05, 0) is 27.7 Å². The van der Waals surface area contributed by atoms with Gasteiger partial charge in [0.2, 0.25) is 5.66 Å². The summed E-state index contributed by atoms with van der Waals surface area (Å²) >= 11 is 5.94. The Morgan fingerprint density at radius 2 is 1.53 bits per heavy atom. The summed E-state index contributed by atoms with van der Waals surface area (Å²) in [6, 6.07) is 0. The van der Waals surface area contributed by atoms with E-state index in [1.54, 1.807) is 27.7 Å². The molecule has 0 aliphatic heterocycles. The normalized spacial score (nSPS) is 12.6. The molecule has 0 aromatic carbocycles. The van der Waals surface area contributed by atoms with Gasteiger partial charge in [0.1, 0.15) is 0 Å². The summed E-state index contributed by atoms with van der Waals surface area (Å²) in [6.07, 6.45) is -0.176. The van der Waals surface area contributed by atoms with Crippen LogP contribution in [-0.4, -0.2) is 36.9 Å². The van der Waals surface area contributed by atoms with E-state index in [0.717, 1.165) is 0 Å². The second-order valence-electron chi connectivity index (χ2n) is 3.33. The van der Waals surface area contributed by atoms with E-state index in [9.17, 15) is 9.59 Å². The molecule has 0 radical (unpaired) electrons. The first-order valence-electron chi connectivity index (χ1n) is 5.39. The second kappa shape index (κ2) is 8.67. The van der Waals surface area contributed by atoms with Crippen molar-refractivity contribution in [3.63, 3.8) is 0 Å². The lowest BCUT2D eigenvalue weighted by Crippen LogP contribution is -2.32. The monoisotopic (exact) mass is 284 g/mol. The van der Waals surface area contributed by atoms with E-state index in [-0.39, 0.29) is 19.3 Å². The highest BCUT2D eigenvalue weighted by Crippen LogP contribution is 2.49. The van der Waals surface area contributed by atoms with Gasteiger partial charge in [0, 0.05) is 0 Å². The molecule has 5 nitrogen and oxygen atoms in total.